The van der Waals surface area contributed by atoms with Gasteiger partial charge >= 0.3 is 0 Å². The minimum atomic E-state index is 0.0144. The summed E-state index contributed by atoms with van der Waals surface area (Å²) in [6.45, 7) is 3.65. The maximum Gasteiger partial charge on any atom is 0.137 e. The highest BCUT2D eigenvalue weighted by molar-refractivity contribution is 5.83. The van der Waals surface area contributed by atoms with Crippen LogP contribution in [-0.2, 0) is 12.1 Å². The van der Waals surface area contributed by atoms with Crippen LogP contribution in [-0.4, -0.2) is 29.5 Å². The Morgan fingerprint density at radius 3 is 2.09 bits per heavy atom. The van der Waals surface area contributed by atoms with Gasteiger partial charge < -0.3 is 19.8 Å². The number of nitrogens with one attached hydrogen (secondary N) is 2. The van der Waals surface area contributed by atoms with Crippen LogP contribution < -0.4 is 20.2 Å². The third-order valence-corrected chi connectivity index (χ3v) is 9.16. The average molecular weight is 589 g/mol. The van der Waals surface area contributed by atoms with Gasteiger partial charge in [-0.25, -0.2) is 5.43 Å². The molecule has 6 nitrogen and oxygen atoms in total. The maximum atomic E-state index is 6.86. The summed E-state index contributed by atoms with van der Waals surface area (Å²) in [6, 6.07) is 37.8. The molecule has 2 N–H and O–H groups in total. The number of ether oxygens (including phenoxy) is 2. The van der Waals surface area contributed by atoms with Crippen LogP contribution >= 0.6 is 0 Å². The van der Waals surface area contributed by atoms with E-state index in [1.165, 1.54) is 5.56 Å². The third kappa shape index (κ3) is 4.58. The van der Waals surface area contributed by atoms with E-state index in [1.807, 2.05) is 36.4 Å². The van der Waals surface area contributed by atoms with Crippen molar-refractivity contribution in [1.29, 1.82) is 0 Å². The second-order valence-corrected chi connectivity index (χ2v) is 12.0. The predicted octanol–water partition coefficient (Wildman–Crippen LogP) is 8.58. The topological polar surface area (TPSA) is 48.8 Å². The van der Waals surface area contributed by atoms with Crippen molar-refractivity contribution in [3.63, 3.8) is 0 Å². The molecule has 0 aromatic heterocycles. The van der Waals surface area contributed by atoms with E-state index in [0.717, 1.165) is 88.4 Å². The van der Waals surface area contributed by atoms with Crippen molar-refractivity contribution in [2.75, 3.05) is 25.0 Å². The van der Waals surface area contributed by atoms with Gasteiger partial charge in [-0.05, 0) is 42.0 Å². The Morgan fingerprint density at radius 1 is 0.689 bits per heavy atom. The lowest BCUT2D eigenvalue weighted by Gasteiger charge is -2.23. The molecule has 45 heavy (non-hydrogen) atoms. The number of rotatable bonds is 5. The molecule has 4 aliphatic heterocycles. The van der Waals surface area contributed by atoms with Crippen molar-refractivity contribution in [2.24, 2.45) is 0 Å². The molecule has 1 fully saturated rings. The predicted molar refractivity (Wildman–Crippen MR) is 179 cm³/mol. The summed E-state index contributed by atoms with van der Waals surface area (Å²) < 4.78 is 13.7. The molecule has 5 aromatic rings. The molecule has 5 aromatic carbocycles. The van der Waals surface area contributed by atoms with Crippen LogP contribution in [0.3, 0.4) is 0 Å². The molecular weight excluding hydrogens is 556 g/mol. The lowest BCUT2D eigenvalue weighted by Crippen LogP contribution is -2.27. The molecular formula is C39H32N4O2. The summed E-state index contributed by atoms with van der Waals surface area (Å²) in [4.78, 5) is 2.49. The zero-order chi connectivity index (χ0) is 29.8. The van der Waals surface area contributed by atoms with E-state index in [1.54, 1.807) is 0 Å². The fourth-order valence-electron chi connectivity index (χ4n) is 6.87. The second kappa shape index (κ2) is 10.4. The molecule has 0 aliphatic carbocycles. The van der Waals surface area contributed by atoms with Gasteiger partial charge in [0.15, 0.2) is 0 Å². The van der Waals surface area contributed by atoms with Crippen molar-refractivity contribution in [3.05, 3.63) is 145 Å². The average Bonchev–Trinajstić information content (AvgIpc) is 3.35. The molecule has 1 unspecified atom stereocenters. The van der Waals surface area contributed by atoms with Crippen molar-refractivity contribution in [3.8, 4) is 45.3 Å². The van der Waals surface area contributed by atoms with Crippen molar-refractivity contribution >= 4 is 11.4 Å². The van der Waals surface area contributed by atoms with Crippen LogP contribution in [0.5, 0.6) is 23.0 Å². The van der Waals surface area contributed by atoms with E-state index < -0.39 is 0 Å². The molecule has 0 saturated carbocycles. The van der Waals surface area contributed by atoms with Crippen LogP contribution in [0.2, 0.25) is 0 Å². The Bertz CT molecular complexity index is 2020. The molecule has 4 heterocycles. The van der Waals surface area contributed by atoms with Gasteiger partial charge in [0, 0.05) is 71.1 Å². The van der Waals surface area contributed by atoms with Crippen LogP contribution in [0.25, 0.3) is 22.3 Å². The largest absolute Gasteiger partial charge is 0.456 e. The smallest absolute Gasteiger partial charge is 0.137 e. The Labute approximate surface area is 262 Å². The SMILES string of the molecule is C1=CN(Cc2ccc3c(c2)Oc2ccccc2-c2ccccc2Oc2cc(Nc4ccccc4C45C=CC[N@@]4C5)ccc2-3)NC1. The molecule has 2 atom stereocenters. The number of benzene rings is 5. The molecule has 9 rings (SSSR count). The van der Waals surface area contributed by atoms with Gasteiger partial charge in [0.2, 0.25) is 0 Å². The number of hydrazine groups is 1. The standard InChI is InChI=1S/C39H32N4O2/c1-5-13-35-29(9-1)30-10-2-6-14-36(30)45-38-24-28(41-34-12-4-3-11-33(34)39-19-7-21-42(39)26-39)16-18-32(38)31-17-15-27(23-37(31)44-35)25-43-22-8-20-40-43/h1-19,22-24,40-41H,20-21,25-26H2/t39?,42-/m0/s1. The first-order valence-corrected chi connectivity index (χ1v) is 15.5. The van der Waals surface area contributed by atoms with E-state index in [-0.39, 0.29) is 5.54 Å². The van der Waals surface area contributed by atoms with Crippen LogP contribution in [0.1, 0.15) is 11.1 Å². The number of nitrogens with zero attached hydrogens (tertiary/aromatic N) is 2. The molecule has 6 heteroatoms. The van der Waals surface area contributed by atoms with Crippen LogP contribution in [0.15, 0.2) is 134 Å². The lowest BCUT2D eigenvalue weighted by atomic mass is 9.96. The van der Waals surface area contributed by atoms with Crippen molar-refractivity contribution in [2.45, 2.75) is 12.1 Å². The highest BCUT2D eigenvalue weighted by Crippen LogP contribution is 2.51. The number of hydrogen-bond donors (Lipinski definition) is 2. The van der Waals surface area contributed by atoms with Gasteiger partial charge in [-0.2, -0.15) is 0 Å². The summed E-state index contributed by atoms with van der Waals surface area (Å²) in [6.07, 6.45) is 8.82. The van der Waals surface area contributed by atoms with Gasteiger partial charge in [0.05, 0.1) is 12.1 Å². The Hall–Kier alpha value is -5.30. The number of anilines is 2. The van der Waals surface area contributed by atoms with E-state index in [2.05, 4.69) is 118 Å². The van der Waals surface area contributed by atoms with Gasteiger partial charge in [0.25, 0.3) is 0 Å². The Kier molecular flexibility index (Phi) is 6.04. The van der Waals surface area contributed by atoms with Gasteiger partial charge in [-0.3, -0.25) is 4.90 Å². The van der Waals surface area contributed by atoms with Crippen LogP contribution in [0, 0.1) is 0 Å². The normalized spacial score (nSPS) is 20.2. The third-order valence-electron chi connectivity index (χ3n) is 9.16. The summed E-state index contributed by atoms with van der Waals surface area (Å²) >= 11 is 0. The van der Waals surface area contributed by atoms with Gasteiger partial charge in [0.1, 0.15) is 23.0 Å². The summed E-state index contributed by atoms with van der Waals surface area (Å²) in [7, 11) is 0. The lowest BCUT2D eigenvalue weighted by molar-refractivity contribution is 0.298. The number of fused-ring (bicyclic) bond motifs is 7. The first-order chi connectivity index (χ1) is 22.2. The monoisotopic (exact) mass is 588 g/mol. The van der Waals surface area contributed by atoms with E-state index in [9.17, 15) is 0 Å². The second-order valence-electron chi connectivity index (χ2n) is 12.0. The fourth-order valence-corrected chi connectivity index (χ4v) is 6.87. The molecule has 1 saturated heterocycles. The van der Waals surface area contributed by atoms with Crippen molar-refractivity contribution in [1.82, 2.24) is 15.3 Å². The molecule has 0 bridgehead atoms. The zero-order valence-corrected chi connectivity index (χ0v) is 24.7. The molecule has 4 aliphatic rings. The summed E-state index contributed by atoms with van der Waals surface area (Å²) in [5, 5.41) is 5.84. The fraction of sp³-hybridized carbons (Fsp3) is 0.128. The summed E-state index contributed by atoms with van der Waals surface area (Å²) in [5.74, 6) is 3.12. The minimum Gasteiger partial charge on any atom is -0.456 e. The zero-order valence-electron chi connectivity index (χ0n) is 24.7. The van der Waals surface area contributed by atoms with E-state index >= 15 is 0 Å². The van der Waals surface area contributed by atoms with E-state index in [0.29, 0.717) is 0 Å². The molecule has 220 valence electrons. The highest BCUT2D eigenvalue weighted by Gasteiger charge is 2.54. The number of para-hydroxylation sites is 3. The first-order valence-electron chi connectivity index (χ1n) is 15.5. The Morgan fingerprint density at radius 2 is 1.38 bits per heavy atom. The van der Waals surface area contributed by atoms with Gasteiger partial charge in [-0.1, -0.05) is 85.0 Å². The Balaban J connectivity index is 1.16. The van der Waals surface area contributed by atoms with Gasteiger partial charge in [-0.15, -0.1) is 0 Å². The number of hydrogen-bond acceptors (Lipinski definition) is 6. The van der Waals surface area contributed by atoms with Crippen molar-refractivity contribution < 1.29 is 9.47 Å². The molecule has 0 radical (unpaired) electrons. The first kappa shape index (κ1) is 26.1. The summed E-state index contributed by atoms with van der Waals surface area (Å²) in [5.41, 5.74) is 11.8. The quantitative estimate of drug-likeness (QED) is 0.155. The molecule has 0 spiro atoms. The minimum absolute atomic E-state index is 0.0144. The molecule has 0 amide bonds. The van der Waals surface area contributed by atoms with E-state index in [4.69, 9.17) is 9.47 Å². The highest BCUT2D eigenvalue weighted by atomic mass is 16.5. The maximum absolute atomic E-state index is 6.86. The van der Waals surface area contributed by atoms with Crippen LogP contribution in [0.4, 0.5) is 11.4 Å².